The predicted molar refractivity (Wildman–Crippen MR) is 137 cm³/mol. The van der Waals surface area contributed by atoms with Gasteiger partial charge in [-0.15, -0.1) is 0 Å². The zero-order valence-electron chi connectivity index (χ0n) is 21.0. The quantitative estimate of drug-likeness (QED) is 0.223. The van der Waals surface area contributed by atoms with Crippen LogP contribution in [0.2, 0.25) is 0 Å². The minimum atomic E-state index is -5.33. The van der Waals surface area contributed by atoms with Crippen molar-refractivity contribution in [3.63, 3.8) is 0 Å². The number of benzene rings is 2. The zero-order valence-corrected chi connectivity index (χ0v) is 21.8. The predicted octanol–water partition coefficient (Wildman–Crippen LogP) is 3.18. The largest absolute Gasteiger partial charge is 0.448 e. The first-order valence-electron chi connectivity index (χ1n) is 11.3. The summed E-state index contributed by atoms with van der Waals surface area (Å²) in [6, 6.07) is 7.03. The Hall–Kier alpha value is -2.73. The van der Waals surface area contributed by atoms with Crippen LogP contribution in [-0.2, 0) is 39.2 Å². The first kappa shape index (κ1) is 31.5. The zero-order chi connectivity index (χ0) is 29.1. The van der Waals surface area contributed by atoms with E-state index >= 15 is 0 Å². The van der Waals surface area contributed by atoms with Crippen molar-refractivity contribution in [1.82, 2.24) is 0 Å². The third kappa shape index (κ3) is 8.13. The van der Waals surface area contributed by atoms with Crippen molar-refractivity contribution in [2.75, 3.05) is 5.75 Å². The molecule has 2 rings (SSSR count). The SMILES string of the molecule is [B]Cc1cc(C[B])c(OC(=O)c2ccc(C(C)(C)C)cc2C(=O)OC(CS(=O)(=O)O)C(F)(F)F)c(C[B])c1. The molecule has 14 heteroatoms. The number of halogens is 3. The van der Waals surface area contributed by atoms with E-state index in [9.17, 15) is 31.2 Å². The Bertz CT molecular complexity index is 1280. The summed E-state index contributed by atoms with van der Waals surface area (Å²) in [4.78, 5) is 26.1. The van der Waals surface area contributed by atoms with Gasteiger partial charge in [-0.05, 0) is 34.2 Å². The second-order valence-corrected chi connectivity index (χ2v) is 10.9. The van der Waals surface area contributed by atoms with Crippen LogP contribution in [0.1, 0.15) is 63.7 Å². The number of rotatable bonds is 9. The molecule has 0 aromatic heterocycles. The van der Waals surface area contributed by atoms with Crippen LogP contribution in [0.4, 0.5) is 13.2 Å². The molecule has 1 N–H and O–H groups in total. The van der Waals surface area contributed by atoms with E-state index in [2.05, 4.69) is 4.74 Å². The van der Waals surface area contributed by atoms with Gasteiger partial charge < -0.3 is 9.47 Å². The number of alkyl halides is 3. The molecule has 0 saturated heterocycles. The monoisotopic (exact) mass is 546 g/mol. The van der Waals surface area contributed by atoms with Crippen LogP contribution in [0.3, 0.4) is 0 Å². The van der Waals surface area contributed by atoms with Gasteiger partial charge in [0.25, 0.3) is 10.1 Å². The van der Waals surface area contributed by atoms with E-state index in [1.165, 1.54) is 12.1 Å². The molecular formula is C24H24B3F3O7S. The molecule has 0 amide bonds. The highest BCUT2D eigenvalue weighted by Crippen LogP contribution is 2.31. The summed E-state index contributed by atoms with van der Waals surface area (Å²) < 4.78 is 81.2. The Morgan fingerprint density at radius 3 is 1.89 bits per heavy atom. The lowest BCUT2D eigenvalue weighted by atomic mass is 9.85. The Morgan fingerprint density at radius 2 is 1.47 bits per heavy atom. The normalized spacial score (nSPS) is 13.1. The van der Waals surface area contributed by atoms with E-state index in [4.69, 9.17) is 32.8 Å². The van der Waals surface area contributed by atoms with E-state index in [1.54, 1.807) is 32.9 Å². The molecule has 38 heavy (non-hydrogen) atoms. The Kier molecular flexibility index (Phi) is 9.93. The summed E-state index contributed by atoms with van der Waals surface area (Å²) in [6.07, 6.45) is -8.50. The second-order valence-electron chi connectivity index (χ2n) is 9.44. The van der Waals surface area contributed by atoms with Crippen molar-refractivity contribution in [3.8, 4) is 5.75 Å². The molecule has 1 unspecified atom stereocenters. The van der Waals surface area contributed by atoms with Gasteiger partial charge in [0.05, 0.1) is 34.7 Å². The maximum absolute atomic E-state index is 13.4. The van der Waals surface area contributed by atoms with E-state index in [1.807, 2.05) is 0 Å². The maximum Gasteiger partial charge on any atom is 0.426 e. The molecule has 0 spiro atoms. The molecule has 2 aromatic carbocycles. The van der Waals surface area contributed by atoms with Crippen molar-refractivity contribution >= 4 is 45.6 Å². The molecular weight excluding hydrogens is 522 g/mol. The van der Waals surface area contributed by atoms with Gasteiger partial charge in [-0.3, -0.25) is 4.55 Å². The fraction of sp³-hybridized carbons (Fsp3) is 0.417. The smallest absolute Gasteiger partial charge is 0.426 e. The van der Waals surface area contributed by atoms with Gasteiger partial charge >= 0.3 is 18.1 Å². The molecule has 0 bridgehead atoms. The Balaban J connectivity index is 2.59. The average Bonchev–Trinajstić information content (AvgIpc) is 2.81. The van der Waals surface area contributed by atoms with Gasteiger partial charge in [0.1, 0.15) is 11.5 Å². The number of carbonyl (C=O) groups is 2. The molecule has 7 nitrogen and oxygen atoms in total. The summed E-state index contributed by atoms with van der Waals surface area (Å²) in [6.45, 7) is 5.27. The van der Waals surface area contributed by atoms with Gasteiger partial charge in [-0.1, -0.05) is 63.5 Å². The van der Waals surface area contributed by atoms with Crippen LogP contribution in [-0.4, -0.2) is 66.5 Å². The Labute approximate surface area is 223 Å². The van der Waals surface area contributed by atoms with Crippen molar-refractivity contribution in [2.24, 2.45) is 0 Å². The lowest BCUT2D eigenvalue weighted by molar-refractivity contribution is -0.197. The van der Waals surface area contributed by atoms with Crippen LogP contribution >= 0.6 is 0 Å². The van der Waals surface area contributed by atoms with Gasteiger partial charge in [0.15, 0.2) is 0 Å². The molecule has 1 atom stereocenters. The number of esters is 2. The van der Waals surface area contributed by atoms with Crippen molar-refractivity contribution in [1.29, 1.82) is 0 Å². The van der Waals surface area contributed by atoms with Gasteiger partial charge in [-0.25, -0.2) is 9.59 Å². The fourth-order valence-electron chi connectivity index (χ4n) is 3.46. The molecule has 0 fully saturated rings. The first-order valence-corrected chi connectivity index (χ1v) is 12.9. The fourth-order valence-corrected chi connectivity index (χ4v) is 4.10. The van der Waals surface area contributed by atoms with Crippen LogP contribution in [0.25, 0.3) is 0 Å². The number of hydrogen-bond donors (Lipinski definition) is 1. The highest BCUT2D eigenvalue weighted by atomic mass is 32.2. The molecule has 0 aliphatic rings. The third-order valence-corrected chi connectivity index (χ3v) is 6.20. The topological polar surface area (TPSA) is 107 Å². The van der Waals surface area contributed by atoms with Gasteiger partial charge in [-0.2, -0.15) is 21.6 Å². The lowest BCUT2D eigenvalue weighted by Gasteiger charge is -2.23. The average molecular weight is 546 g/mol. The molecule has 6 radical (unpaired) electrons. The van der Waals surface area contributed by atoms with E-state index in [0.717, 1.165) is 6.07 Å². The summed E-state index contributed by atoms with van der Waals surface area (Å²) in [5.74, 6) is -4.68. The number of ether oxygens (including phenoxy) is 2. The first-order chi connectivity index (χ1) is 17.4. The van der Waals surface area contributed by atoms with Crippen LogP contribution in [0.5, 0.6) is 5.75 Å². The summed E-state index contributed by atoms with van der Waals surface area (Å²) in [7, 11) is 12.1. The standard InChI is InChI=1S/C24H24B3F3O7S/c1-23(2,3)16-4-5-17(18(8-16)22(32)36-19(24(28,29)30)12-38(33,34)35)21(31)37-20-14(10-26)6-13(9-25)7-15(20)11-27/h4-8,19H,9-12H2,1-3H3,(H,33,34,35). The highest BCUT2D eigenvalue weighted by Gasteiger charge is 2.46. The van der Waals surface area contributed by atoms with Crippen molar-refractivity contribution in [2.45, 2.75) is 57.4 Å². The third-order valence-electron chi connectivity index (χ3n) is 5.47. The number of carbonyl (C=O) groups excluding carboxylic acids is 2. The van der Waals surface area contributed by atoms with E-state index in [-0.39, 0.29) is 24.7 Å². The summed E-state index contributed by atoms with van der Waals surface area (Å²) in [5.41, 5.74) is 0.217. The van der Waals surface area contributed by atoms with Crippen molar-refractivity contribution in [3.05, 3.63) is 63.7 Å². The second kappa shape index (κ2) is 12.0. The minimum absolute atomic E-state index is 0.0101. The maximum atomic E-state index is 13.4. The molecule has 0 aliphatic heterocycles. The van der Waals surface area contributed by atoms with Crippen LogP contribution < -0.4 is 4.74 Å². The summed E-state index contributed by atoms with van der Waals surface area (Å²) >= 11 is 0. The highest BCUT2D eigenvalue weighted by molar-refractivity contribution is 7.85. The van der Waals surface area contributed by atoms with Gasteiger partial charge in [0, 0.05) is 0 Å². The van der Waals surface area contributed by atoms with Crippen LogP contribution in [0, 0.1) is 0 Å². The molecule has 0 aliphatic carbocycles. The number of hydrogen-bond acceptors (Lipinski definition) is 6. The molecule has 198 valence electrons. The molecule has 0 saturated carbocycles. The van der Waals surface area contributed by atoms with E-state index in [0.29, 0.717) is 22.3 Å². The molecule has 0 heterocycles. The molecule has 2 aromatic rings. The minimum Gasteiger partial charge on any atom is -0.448 e. The van der Waals surface area contributed by atoms with Crippen LogP contribution in [0.15, 0.2) is 30.3 Å². The summed E-state index contributed by atoms with van der Waals surface area (Å²) in [5, 5.41) is 0. The van der Waals surface area contributed by atoms with Gasteiger partial charge in [0.2, 0.25) is 6.10 Å². The van der Waals surface area contributed by atoms with Crippen molar-refractivity contribution < 1.29 is 45.2 Å². The van der Waals surface area contributed by atoms with E-state index < -0.39 is 56.6 Å². The Morgan fingerprint density at radius 1 is 0.921 bits per heavy atom. The lowest BCUT2D eigenvalue weighted by Crippen LogP contribution is -2.39.